The largest absolute Gasteiger partial charge is 0.495 e. The van der Waals surface area contributed by atoms with Crippen LogP contribution in [0.5, 0.6) is 5.75 Å². The van der Waals surface area contributed by atoms with Gasteiger partial charge in [-0.1, -0.05) is 0 Å². The molecule has 1 aromatic rings. The SMILES string of the molecule is COc1cc(S(=O)(=O)OC)c(F)cc1N. The van der Waals surface area contributed by atoms with Crippen LogP contribution >= 0.6 is 0 Å². The molecule has 5 nitrogen and oxygen atoms in total. The third kappa shape index (κ3) is 2.18. The first kappa shape index (κ1) is 11.7. The van der Waals surface area contributed by atoms with Crippen LogP contribution in [0.2, 0.25) is 0 Å². The van der Waals surface area contributed by atoms with Gasteiger partial charge >= 0.3 is 0 Å². The third-order valence-electron chi connectivity index (χ3n) is 1.77. The van der Waals surface area contributed by atoms with Gasteiger partial charge in [-0.2, -0.15) is 8.42 Å². The average Bonchev–Trinajstić information content (AvgIpc) is 2.17. The van der Waals surface area contributed by atoms with E-state index in [1.165, 1.54) is 7.11 Å². The first-order valence-corrected chi connectivity index (χ1v) is 5.27. The molecule has 0 unspecified atom stereocenters. The standard InChI is InChI=1S/C8H10FNO4S/c1-13-7-4-8(15(11,12)14-2)5(9)3-6(7)10/h3-4H,10H2,1-2H3. The molecule has 0 bridgehead atoms. The van der Waals surface area contributed by atoms with Crippen LogP contribution < -0.4 is 10.5 Å². The van der Waals surface area contributed by atoms with E-state index in [1.807, 2.05) is 0 Å². The highest BCUT2D eigenvalue weighted by atomic mass is 32.2. The summed E-state index contributed by atoms with van der Waals surface area (Å²) in [4.78, 5) is -0.601. The van der Waals surface area contributed by atoms with Crippen molar-refractivity contribution in [2.75, 3.05) is 20.0 Å². The minimum Gasteiger partial charge on any atom is -0.495 e. The van der Waals surface area contributed by atoms with Crippen molar-refractivity contribution >= 4 is 15.8 Å². The van der Waals surface area contributed by atoms with Crippen LogP contribution in [-0.4, -0.2) is 22.6 Å². The number of methoxy groups -OCH3 is 1. The van der Waals surface area contributed by atoms with Crippen molar-refractivity contribution in [3.63, 3.8) is 0 Å². The molecule has 0 aliphatic heterocycles. The molecule has 84 valence electrons. The fourth-order valence-electron chi connectivity index (χ4n) is 1.01. The van der Waals surface area contributed by atoms with Gasteiger partial charge in [-0.15, -0.1) is 0 Å². The molecular formula is C8H10FNO4S. The molecule has 0 atom stereocenters. The van der Waals surface area contributed by atoms with Gasteiger partial charge in [0.2, 0.25) is 0 Å². The van der Waals surface area contributed by atoms with Crippen molar-refractivity contribution in [3.8, 4) is 5.75 Å². The summed E-state index contributed by atoms with van der Waals surface area (Å²) in [6, 6.07) is 1.84. The molecule has 2 N–H and O–H groups in total. The number of anilines is 1. The summed E-state index contributed by atoms with van der Waals surface area (Å²) >= 11 is 0. The lowest BCUT2D eigenvalue weighted by molar-refractivity contribution is 0.389. The molecule has 1 rings (SSSR count). The zero-order valence-corrected chi connectivity index (χ0v) is 8.97. The van der Waals surface area contributed by atoms with Crippen LogP contribution in [0.4, 0.5) is 10.1 Å². The molecular weight excluding hydrogens is 225 g/mol. The van der Waals surface area contributed by atoms with Gasteiger partial charge in [-0.3, -0.25) is 4.18 Å². The van der Waals surface area contributed by atoms with Crippen LogP contribution in [0.3, 0.4) is 0 Å². The van der Waals surface area contributed by atoms with Crippen LogP contribution in [0.15, 0.2) is 17.0 Å². The molecule has 0 aliphatic carbocycles. The number of halogens is 1. The van der Waals surface area contributed by atoms with E-state index in [9.17, 15) is 12.8 Å². The van der Waals surface area contributed by atoms with E-state index in [1.54, 1.807) is 0 Å². The Labute approximate surface area is 86.7 Å². The Morgan fingerprint density at radius 3 is 2.40 bits per heavy atom. The van der Waals surface area contributed by atoms with Crippen LogP contribution in [-0.2, 0) is 14.3 Å². The lowest BCUT2D eigenvalue weighted by Gasteiger charge is -2.08. The zero-order chi connectivity index (χ0) is 11.6. The number of nitrogen functional groups attached to an aromatic ring is 1. The second kappa shape index (κ2) is 4.03. The van der Waals surface area contributed by atoms with E-state index in [0.29, 0.717) is 0 Å². The molecule has 7 heteroatoms. The van der Waals surface area contributed by atoms with Gasteiger partial charge in [0, 0.05) is 12.1 Å². The smallest absolute Gasteiger partial charge is 0.299 e. The fourth-order valence-corrected chi connectivity index (χ4v) is 1.74. The first-order valence-electron chi connectivity index (χ1n) is 3.86. The van der Waals surface area contributed by atoms with Crippen molar-refractivity contribution in [1.82, 2.24) is 0 Å². The Morgan fingerprint density at radius 2 is 1.93 bits per heavy atom. The van der Waals surface area contributed by atoms with E-state index in [-0.39, 0.29) is 11.4 Å². The van der Waals surface area contributed by atoms with Crippen LogP contribution in [0.1, 0.15) is 0 Å². The normalized spacial score (nSPS) is 11.4. The Bertz CT molecular complexity index is 472. The highest BCUT2D eigenvalue weighted by Gasteiger charge is 2.21. The maximum atomic E-state index is 13.3. The summed E-state index contributed by atoms with van der Waals surface area (Å²) < 4.78 is 44.7. The van der Waals surface area contributed by atoms with Gasteiger partial charge in [0.05, 0.1) is 19.9 Å². The van der Waals surface area contributed by atoms with E-state index in [2.05, 4.69) is 4.18 Å². The number of ether oxygens (including phenoxy) is 1. The van der Waals surface area contributed by atoms with Gasteiger partial charge < -0.3 is 10.5 Å². The summed E-state index contributed by atoms with van der Waals surface area (Å²) in [5.74, 6) is -0.901. The lowest BCUT2D eigenvalue weighted by Crippen LogP contribution is -2.07. The second-order valence-corrected chi connectivity index (χ2v) is 4.33. The zero-order valence-electron chi connectivity index (χ0n) is 8.15. The first-order chi connectivity index (χ1) is 6.92. The second-order valence-electron chi connectivity index (χ2n) is 2.65. The van der Waals surface area contributed by atoms with Crippen molar-refractivity contribution in [3.05, 3.63) is 17.9 Å². The molecule has 0 aromatic heterocycles. The van der Waals surface area contributed by atoms with Crippen molar-refractivity contribution in [2.45, 2.75) is 4.90 Å². The predicted octanol–water partition coefficient (Wildman–Crippen LogP) is 0.752. The van der Waals surface area contributed by atoms with Gasteiger partial charge in [-0.25, -0.2) is 4.39 Å². The Kier molecular flexibility index (Phi) is 3.15. The third-order valence-corrected chi connectivity index (χ3v) is 3.06. The molecule has 15 heavy (non-hydrogen) atoms. The molecule has 0 amide bonds. The molecule has 1 aromatic carbocycles. The van der Waals surface area contributed by atoms with E-state index >= 15 is 0 Å². The molecule has 0 fully saturated rings. The van der Waals surface area contributed by atoms with Crippen molar-refractivity contribution < 1.29 is 21.7 Å². The van der Waals surface area contributed by atoms with Crippen LogP contribution in [0, 0.1) is 5.82 Å². The average molecular weight is 235 g/mol. The fraction of sp³-hybridized carbons (Fsp3) is 0.250. The summed E-state index contributed by atoms with van der Waals surface area (Å²) in [5.41, 5.74) is 5.40. The Hall–Kier alpha value is -1.34. The summed E-state index contributed by atoms with van der Waals surface area (Å²) in [7, 11) is -1.85. The minimum absolute atomic E-state index is 0.0186. The number of hydrogen-bond donors (Lipinski definition) is 1. The number of rotatable bonds is 3. The highest BCUT2D eigenvalue weighted by Crippen LogP contribution is 2.28. The lowest BCUT2D eigenvalue weighted by atomic mass is 10.3. The van der Waals surface area contributed by atoms with Gasteiger partial charge in [0.1, 0.15) is 16.5 Å². The summed E-state index contributed by atoms with van der Waals surface area (Å²) in [5, 5.41) is 0. The summed E-state index contributed by atoms with van der Waals surface area (Å²) in [6.45, 7) is 0. The van der Waals surface area contributed by atoms with Crippen LogP contribution in [0.25, 0.3) is 0 Å². The monoisotopic (exact) mass is 235 g/mol. The number of hydrogen-bond acceptors (Lipinski definition) is 5. The van der Waals surface area contributed by atoms with Gasteiger partial charge in [0.15, 0.2) is 0 Å². The van der Waals surface area contributed by atoms with Crippen molar-refractivity contribution in [1.29, 1.82) is 0 Å². The molecule has 0 saturated carbocycles. The van der Waals surface area contributed by atoms with Crippen molar-refractivity contribution in [2.24, 2.45) is 0 Å². The quantitative estimate of drug-likeness (QED) is 0.617. The topological polar surface area (TPSA) is 78.6 Å². The van der Waals surface area contributed by atoms with Gasteiger partial charge in [0.25, 0.3) is 10.1 Å². The molecule has 0 radical (unpaired) electrons. The van der Waals surface area contributed by atoms with E-state index < -0.39 is 20.8 Å². The minimum atomic E-state index is -4.09. The molecule has 0 aliphatic rings. The molecule has 0 spiro atoms. The Morgan fingerprint density at radius 1 is 1.33 bits per heavy atom. The molecule has 0 saturated heterocycles. The number of benzene rings is 1. The molecule has 0 heterocycles. The number of nitrogens with two attached hydrogens (primary N) is 1. The van der Waals surface area contributed by atoms with E-state index in [4.69, 9.17) is 10.5 Å². The highest BCUT2D eigenvalue weighted by molar-refractivity contribution is 7.86. The predicted molar refractivity (Wildman–Crippen MR) is 51.6 cm³/mol. The maximum absolute atomic E-state index is 13.3. The van der Waals surface area contributed by atoms with E-state index in [0.717, 1.165) is 19.2 Å². The Balaban J connectivity index is 3.44. The maximum Gasteiger partial charge on any atom is 0.299 e. The summed E-state index contributed by atoms with van der Waals surface area (Å²) in [6.07, 6.45) is 0. The van der Waals surface area contributed by atoms with Gasteiger partial charge in [-0.05, 0) is 0 Å².